The summed E-state index contributed by atoms with van der Waals surface area (Å²) in [4.78, 5) is 43.1. The van der Waals surface area contributed by atoms with Gasteiger partial charge in [0.1, 0.15) is 23.4 Å². The summed E-state index contributed by atoms with van der Waals surface area (Å²) < 4.78 is 16.9. The lowest BCUT2D eigenvalue weighted by molar-refractivity contribution is -0.136. The van der Waals surface area contributed by atoms with E-state index in [-0.39, 0.29) is 18.6 Å². The first-order valence-corrected chi connectivity index (χ1v) is 14.7. The van der Waals surface area contributed by atoms with Crippen LogP contribution in [0.25, 0.3) is 33.6 Å². The Morgan fingerprint density at radius 3 is 2.53 bits per heavy atom. The fraction of sp³-hybridized carbons (Fsp3) is 0.375. The predicted octanol–water partition coefficient (Wildman–Crippen LogP) is 5.02. The molecular formula is C32H36N6O5. The molecule has 4 aromatic rings. The molecule has 2 aliphatic heterocycles. The number of rotatable bonds is 3. The first-order valence-electron chi connectivity index (χ1n) is 14.7. The number of nitrogens with one attached hydrogen (secondary N) is 3. The molecular weight excluding hydrogens is 548 g/mol. The van der Waals surface area contributed by atoms with E-state index in [1.165, 1.54) is 7.11 Å². The molecule has 11 nitrogen and oxygen atoms in total. The van der Waals surface area contributed by atoms with Crippen LogP contribution in [0.15, 0.2) is 54.9 Å². The molecule has 4 heterocycles. The van der Waals surface area contributed by atoms with E-state index in [0.29, 0.717) is 25.6 Å². The monoisotopic (exact) mass is 584 g/mol. The van der Waals surface area contributed by atoms with E-state index in [2.05, 4.69) is 61.7 Å². The molecule has 43 heavy (non-hydrogen) atoms. The summed E-state index contributed by atoms with van der Waals surface area (Å²) in [5.41, 5.74) is 5.90. The minimum atomic E-state index is -0.844. The number of alkyl carbamates (subject to hydrolysis) is 1. The van der Waals surface area contributed by atoms with Crippen molar-refractivity contribution in [3.8, 4) is 39.4 Å². The molecule has 2 atom stereocenters. The van der Waals surface area contributed by atoms with Crippen LogP contribution in [0.4, 0.5) is 4.79 Å². The number of amides is 2. The second-order valence-corrected chi connectivity index (χ2v) is 10.9. The maximum Gasteiger partial charge on any atom is 0.407 e. The van der Waals surface area contributed by atoms with Crippen LogP contribution in [0, 0.1) is 6.92 Å². The average molecular weight is 585 g/mol. The molecule has 0 unspecified atom stereocenters. The van der Waals surface area contributed by atoms with E-state index < -0.39 is 12.1 Å². The highest BCUT2D eigenvalue weighted by molar-refractivity contribution is 5.86. The average Bonchev–Trinajstić information content (AvgIpc) is 3.80. The molecule has 3 N–H and O–H groups in total. The van der Waals surface area contributed by atoms with E-state index in [0.717, 1.165) is 70.9 Å². The number of imidazole rings is 2. The quantitative estimate of drug-likeness (QED) is 0.308. The Morgan fingerprint density at radius 1 is 0.977 bits per heavy atom. The van der Waals surface area contributed by atoms with Gasteiger partial charge in [0.05, 0.1) is 50.1 Å². The van der Waals surface area contributed by atoms with Crippen molar-refractivity contribution >= 4 is 12.0 Å². The van der Waals surface area contributed by atoms with Crippen molar-refractivity contribution in [3.05, 3.63) is 66.5 Å². The van der Waals surface area contributed by atoms with E-state index in [1.54, 1.807) is 11.1 Å². The standard InChI is InChI=1S/C32H36N6O5/c1-20-33-17-25(35-20)22-9-7-21(8-10-22)23-11-12-24-26-18-34-30(36-26)28-6-5-13-38(28)31(39)27(37-32(40)41-2)19-42-14-3-4-15-43-29(24)16-23/h7-12,16-18,27-28H,3-6,13-15,19H2,1-2H3,(H,33,35)(H,34,36)(H,37,40)/t27-,28-/m0/s1. The number of methoxy groups -OCH3 is 1. The lowest BCUT2D eigenvalue weighted by atomic mass is 10.00. The summed E-state index contributed by atoms with van der Waals surface area (Å²) in [6.45, 7) is 3.51. The number of carbonyl (C=O) groups is 2. The summed E-state index contributed by atoms with van der Waals surface area (Å²) in [5, 5.41) is 2.64. The number of nitrogens with zero attached hydrogens (tertiary/aromatic N) is 3. The third-order valence-corrected chi connectivity index (χ3v) is 7.95. The van der Waals surface area contributed by atoms with Gasteiger partial charge in [-0.15, -0.1) is 0 Å². The van der Waals surface area contributed by atoms with Gasteiger partial charge in [0.2, 0.25) is 5.91 Å². The number of fused-ring (bicyclic) bond motifs is 6. The number of benzene rings is 2. The first-order chi connectivity index (χ1) is 21.0. The SMILES string of the molecule is COC(=O)N[C@H]1COCCCCOc2cc(-c3ccc(-c4cnc(C)[nH]4)cc3)ccc2-c2cnc([nH]2)[C@@H]2CCCN2C1=O. The fourth-order valence-electron chi connectivity index (χ4n) is 5.68. The van der Waals surface area contributed by atoms with Gasteiger partial charge in [-0.2, -0.15) is 0 Å². The number of hydrogen-bond donors (Lipinski definition) is 3. The Kier molecular flexibility index (Phi) is 8.41. The van der Waals surface area contributed by atoms with Gasteiger partial charge in [0.15, 0.2) is 0 Å². The summed E-state index contributed by atoms with van der Waals surface area (Å²) in [7, 11) is 1.28. The molecule has 0 aliphatic carbocycles. The van der Waals surface area contributed by atoms with Gasteiger partial charge >= 0.3 is 6.09 Å². The van der Waals surface area contributed by atoms with Crippen molar-refractivity contribution in [3.63, 3.8) is 0 Å². The Bertz CT molecular complexity index is 1580. The Hall–Kier alpha value is -4.64. The maximum atomic E-state index is 13.6. The Labute approximate surface area is 250 Å². The molecule has 0 spiro atoms. The highest BCUT2D eigenvalue weighted by Gasteiger charge is 2.36. The van der Waals surface area contributed by atoms with Gasteiger partial charge in [0, 0.05) is 18.7 Å². The maximum absolute atomic E-state index is 13.6. The number of aryl methyl sites for hydroxylation is 1. The minimum absolute atomic E-state index is 0.0619. The molecule has 224 valence electrons. The van der Waals surface area contributed by atoms with E-state index in [9.17, 15) is 9.59 Å². The number of ether oxygens (including phenoxy) is 3. The van der Waals surface area contributed by atoms with Gasteiger partial charge in [-0.25, -0.2) is 14.8 Å². The van der Waals surface area contributed by atoms with Crippen molar-refractivity contribution in [2.45, 2.75) is 44.7 Å². The van der Waals surface area contributed by atoms with Crippen LogP contribution >= 0.6 is 0 Å². The number of hydrogen-bond acceptors (Lipinski definition) is 7. The van der Waals surface area contributed by atoms with E-state index >= 15 is 0 Å². The van der Waals surface area contributed by atoms with Crippen LogP contribution in [0.5, 0.6) is 5.75 Å². The lowest BCUT2D eigenvalue weighted by Gasteiger charge is -2.28. The summed E-state index contributed by atoms with van der Waals surface area (Å²) in [6, 6.07) is 13.5. The van der Waals surface area contributed by atoms with Crippen molar-refractivity contribution in [1.82, 2.24) is 30.2 Å². The zero-order valence-electron chi connectivity index (χ0n) is 24.4. The van der Waals surface area contributed by atoms with E-state index in [1.807, 2.05) is 19.2 Å². The van der Waals surface area contributed by atoms with E-state index in [4.69, 9.17) is 14.2 Å². The van der Waals surface area contributed by atoms with Gasteiger partial charge in [-0.3, -0.25) is 4.79 Å². The molecule has 1 fully saturated rings. The molecule has 6 rings (SSSR count). The largest absolute Gasteiger partial charge is 0.493 e. The van der Waals surface area contributed by atoms with Gasteiger partial charge in [-0.05, 0) is 61.4 Å². The Balaban J connectivity index is 1.29. The molecule has 2 aromatic carbocycles. The number of aromatic amines is 2. The molecule has 11 heteroatoms. The molecule has 2 aromatic heterocycles. The number of carbonyl (C=O) groups excluding carboxylic acids is 2. The van der Waals surface area contributed by atoms with Gasteiger partial charge in [-0.1, -0.05) is 30.3 Å². The van der Waals surface area contributed by atoms with Crippen LogP contribution in [-0.4, -0.2) is 76.4 Å². The van der Waals surface area contributed by atoms with Crippen LogP contribution < -0.4 is 10.1 Å². The van der Waals surface area contributed by atoms with Crippen molar-refractivity contribution in [2.24, 2.45) is 0 Å². The topological polar surface area (TPSA) is 134 Å². The summed E-state index contributed by atoms with van der Waals surface area (Å²) in [5.74, 6) is 2.13. The highest BCUT2D eigenvalue weighted by Crippen LogP contribution is 2.37. The van der Waals surface area contributed by atoms with Gasteiger partial charge in [0.25, 0.3) is 0 Å². The Morgan fingerprint density at radius 2 is 1.74 bits per heavy atom. The summed E-state index contributed by atoms with van der Waals surface area (Å²) in [6.07, 6.45) is 6.07. The molecule has 2 amide bonds. The molecule has 0 radical (unpaired) electrons. The third-order valence-electron chi connectivity index (χ3n) is 7.95. The third kappa shape index (κ3) is 6.26. The second-order valence-electron chi connectivity index (χ2n) is 10.9. The van der Waals surface area contributed by atoms with Crippen LogP contribution in [0.1, 0.15) is 43.4 Å². The molecule has 1 saturated heterocycles. The number of H-pyrrole nitrogens is 2. The molecule has 0 saturated carbocycles. The summed E-state index contributed by atoms with van der Waals surface area (Å²) >= 11 is 0. The van der Waals surface area contributed by atoms with Crippen molar-refractivity contribution < 1.29 is 23.8 Å². The van der Waals surface area contributed by atoms with Crippen LogP contribution in [0.2, 0.25) is 0 Å². The fourth-order valence-corrected chi connectivity index (χ4v) is 5.68. The predicted molar refractivity (Wildman–Crippen MR) is 160 cm³/mol. The minimum Gasteiger partial charge on any atom is -0.493 e. The smallest absolute Gasteiger partial charge is 0.407 e. The number of aromatic nitrogens is 4. The second kappa shape index (κ2) is 12.7. The van der Waals surface area contributed by atoms with Crippen molar-refractivity contribution in [2.75, 3.05) is 33.5 Å². The van der Waals surface area contributed by atoms with Crippen LogP contribution in [0.3, 0.4) is 0 Å². The lowest BCUT2D eigenvalue weighted by Crippen LogP contribution is -2.50. The van der Waals surface area contributed by atoms with Gasteiger partial charge < -0.3 is 34.4 Å². The first kappa shape index (κ1) is 28.5. The van der Waals surface area contributed by atoms with Crippen molar-refractivity contribution in [1.29, 1.82) is 0 Å². The highest BCUT2D eigenvalue weighted by atomic mass is 16.5. The zero-order chi connectivity index (χ0) is 29.8. The van der Waals surface area contributed by atoms with Crippen LogP contribution in [-0.2, 0) is 14.3 Å². The zero-order valence-corrected chi connectivity index (χ0v) is 24.4. The normalized spacial score (nSPS) is 19.3. The molecule has 2 bridgehead atoms. The molecule has 2 aliphatic rings.